The van der Waals surface area contributed by atoms with Crippen LogP contribution in [-0.2, 0) is 19.4 Å². The maximum absolute atomic E-state index is 13.3. The van der Waals surface area contributed by atoms with Crippen molar-refractivity contribution in [3.63, 3.8) is 0 Å². The van der Waals surface area contributed by atoms with E-state index in [0.717, 1.165) is 35.6 Å². The van der Waals surface area contributed by atoms with Crippen LogP contribution in [0, 0.1) is 6.92 Å². The Bertz CT molecular complexity index is 1010. The molecule has 0 fully saturated rings. The van der Waals surface area contributed by atoms with Crippen LogP contribution >= 0.6 is 0 Å². The third-order valence-corrected chi connectivity index (χ3v) is 5.85. The number of nitrogens with zero attached hydrogens (tertiary/aromatic N) is 4. The first-order valence-corrected chi connectivity index (χ1v) is 9.45. The van der Waals surface area contributed by atoms with Crippen molar-refractivity contribution in [2.45, 2.75) is 52.1 Å². The smallest absolute Gasteiger partial charge is 0.256 e. The van der Waals surface area contributed by atoms with Gasteiger partial charge in [0.25, 0.3) is 5.91 Å². The van der Waals surface area contributed by atoms with Gasteiger partial charge >= 0.3 is 0 Å². The molecule has 1 aromatic carbocycles. The van der Waals surface area contributed by atoms with Crippen LogP contribution in [-0.4, -0.2) is 37.1 Å². The minimum Gasteiger partial charge on any atom is -0.358 e. The Balaban J connectivity index is 1.54. The van der Waals surface area contributed by atoms with Crippen LogP contribution in [0.15, 0.2) is 18.2 Å². The summed E-state index contributed by atoms with van der Waals surface area (Å²) in [5, 5.41) is 9.65. The highest BCUT2D eigenvalue weighted by Gasteiger charge is 2.30. The van der Waals surface area contributed by atoms with Crippen molar-refractivity contribution in [3.8, 4) is 0 Å². The van der Waals surface area contributed by atoms with Gasteiger partial charge in [-0.05, 0) is 51.2 Å². The van der Waals surface area contributed by atoms with Gasteiger partial charge in [0.1, 0.15) is 5.82 Å². The average molecular weight is 349 g/mol. The zero-order valence-electron chi connectivity index (χ0n) is 15.2. The predicted octanol–water partition coefficient (Wildman–Crippen LogP) is 3.16. The summed E-state index contributed by atoms with van der Waals surface area (Å²) in [5.74, 6) is 1.86. The predicted molar refractivity (Wildman–Crippen MR) is 99.2 cm³/mol. The van der Waals surface area contributed by atoms with E-state index in [9.17, 15) is 4.79 Å². The van der Waals surface area contributed by atoms with Gasteiger partial charge in [-0.15, -0.1) is 10.2 Å². The van der Waals surface area contributed by atoms with Crippen molar-refractivity contribution >= 4 is 16.8 Å². The largest absolute Gasteiger partial charge is 0.358 e. The minimum absolute atomic E-state index is 0.0768. The first-order chi connectivity index (χ1) is 12.6. The molecular formula is C20H23N5O. The summed E-state index contributed by atoms with van der Waals surface area (Å²) in [5.41, 5.74) is 4.49. The highest BCUT2D eigenvalue weighted by atomic mass is 16.2. The van der Waals surface area contributed by atoms with Gasteiger partial charge in [0, 0.05) is 17.6 Å². The second-order valence-corrected chi connectivity index (χ2v) is 7.59. The van der Waals surface area contributed by atoms with Gasteiger partial charge in [0.05, 0.1) is 23.7 Å². The average Bonchev–Trinajstić information content (AvgIpc) is 3.22. The molecule has 3 heterocycles. The summed E-state index contributed by atoms with van der Waals surface area (Å²) in [6.45, 7) is 5.28. The number of fused-ring (bicyclic) bond motifs is 4. The third-order valence-electron chi connectivity index (χ3n) is 5.85. The van der Waals surface area contributed by atoms with E-state index in [1.54, 1.807) is 0 Å². The summed E-state index contributed by atoms with van der Waals surface area (Å²) in [4.78, 5) is 18.8. The monoisotopic (exact) mass is 349 g/mol. The van der Waals surface area contributed by atoms with Crippen molar-refractivity contribution in [1.29, 1.82) is 0 Å². The van der Waals surface area contributed by atoms with E-state index in [4.69, 9.17) is 0 Å². The van der Waals surface area contributed by atoms with Crippen LogP contribution in [0.1, 0.15) is 59.1 Å². The SMILES string of the molecule is Cc1nnc2n1[C@H](C)CN(C(=O)c1cccc3c4c([nH]c13)CCCC4)C2. The van der Waals surface area contributed by atoms with E-state index in [1.165, 1.54) is 29.5 Å². The number of H-pyrrole nitrogens is 1. The molecule has 0 unspecified atom stereocenters. The van der Waals surface area contributed by atoms with Gasteiger partial charge in [-0.3, -0.25) is 4.79 Å². The molecule has 2 aliphatic rings. The minimum atomic E-state index is 0.0768. The number of aromatic nitrogens is 4. The Morgan fingerprint density at radius 1 is 1.23 bits per heavy atom. The Hall–Kier alpha value is -2.63. The fraction of sp³-hybridized carbons (Fsp3) is 0.450. The molecule has 0 bridgehead atoms. The van der Waals surface area contributed by atoms with Gasteiger partial charge in [0.15, 0.2) is 5.82 Å². The molecule has 134 valence electrons. The molecule has 2 aromatic heterocycles. The van der Waals surface area contributed by atoms with Crippen LogP contribution in [0.5, 0.6) is 0 Å². The maximum Gasteiger partial charge on any atom is 0.256 e. The number of aromatic amines is 1. The summed E-state index contributed by atoms with van der Waals surface area (Å²) in [7, 11) is 0. The molecule has 1 atom stereocenters. The number of hydrogen-bond acceptors (Lipinski definition) is 3. The number of hydrogen-bond donors (Lipinski definition) is 1. The number of aryl methyl sites for hydroxylation is 3. The standard InChI is InChI=1S/C20H23N5O/c1-12-10-24(11-18-23-22-13(2)25(12)18)20(26)16-8-5-7-15-14-6-3-4-9-17(14)21-19(15)16/h5,7-8,12,21H,3-4,6,9-11H2,1-2H3/t12-/m1/s1. The van der Waals surface area contributed by atoms with Gasteiger partial charge < -0.3 is 14.5 Å². The Morgan fingerprint density at radius 2 is 2.08 bits per heavy atom. The second kappa shape index (κ2) is 5.69. The number of benzene rings is 1. The molecule has 1 N–H and O–H groups in total. The van der Waals surface area contributed by atoms with Crippen LogP contribution < -0.4 is 0 Å². The molecule has 6 nitrogen and oxygen atoms in total. The first kappa shape index (κ1) is 15.6. The lowest BCUT2D eigenvalue weighted by Crippen LogP contribution is -2.40. The molecule has 5 rings (SSSR count). The molecule has 0 spiro atoms. The topological polar surface area (TPSA) is 66.8 Å². The summed E-state index contributed by atoms with van der Waals surface area (Å²) >= 11 is 0. The fourth-order valence-corrected chi connectivity index (χ4v) is 4.66. The van der Waals surface area contributed by atoms with Crippen molar-refractivity contribution in [1.82, 2.24) is 24.6 Å². The van der Waals surface area contributed by atoms with Crippen molar-refractivity contribution < 1.29 is 4.79 Å². The molecule has 0 radical (unpaired) electrons. The number of rotatable bonds is 1. The summed E-state index contributed by atoms with van der Waals surface area (Å²) in [6, 6.07) is 6.29. The van der Waals surface area contributed by atoms with Gasteiger partial charge in [-0.2, -0.15) is 0 Å². The van der Waals surface area contributed by atoms with Gasteiger partial charge in [-0.1, -0.05) is 12.1 Å². The van der Waals surface area contributed by atoms with Crippen LogP contribution in [0.2, 0.25) is 0 Å². The molecule has 0 saturated heterocycles. The number of para-hydroxylation sites is 1. The van der Waals surface area contributed by atoms with Crippen LogP contribution in [0.3, 0.4) is 0 Å². The van der Waals surface area contributed by atoms with E-state index < -0.39 is 0 Å². The van der Waals surface area contributed by atoms with E-state index in [2.05, 4.69) is 32.7 Å². The van der Waals surface area contributed by atoms with E-state index in [1.807, 2.05) is 24.0 Å². The van der Waals surface area contributed by atoms with Crippen molar-refractivity contribution in [3.05, 3.63) is 46.7 Å². The molecule has 3 aromatic rings. The fourth-order valence-electron chi connectivity index (χ4n) is 4.66. The Morgan fingerprint density at radius 3 is 2.96 bits per heavy atom. The van der Waals surface area contributed by atoms with E-state index >= 15 is 0 Å². The second-order valence-electron chi connectivity index (χ2n) is 7.59. The Labute approximate surface area is 152 Å². The van der Waals surface area contributed by atoms with Crippen LogP contribution in [0.4, 0.5) is 0 Å². The van der Waals surface area contributed by atoms with Gasteiger partial charge in [-0.25, -0.2) is 0 Å². The molecule has 0 saturated carbocycles. The third kappa shape index (κ3) is 2.21. The number of nitrogens with one attached hydrogen (secondary N) is 1. The van der Waals surface area contributed by atoms with Crippen molar-refractivity contribution in [2.24, 2.45) is 0 Å². The molecule has 26 heavy (non-hydrogen) atoms. The Kier molecular flexibility index (Phi) is 3.42. The highest BCUT2D eigenvalue weighted by molar-refractivity contribution is 6.06. The van der Waals surface area contributed by atoms with E-state index in [0.29, 0.717) is 13.1 Å². The zero-order chi connectivity index (χ0) is 17.8. The number of carbonyl (C=O) groups excluding carboxylic acids is 1. The normalized spacial score (nSPS) is 19.5. The lowest BCUT2D eigenvalue weighted by Gasteiger charge is -2.32. The van der Waals surface area contributed by atoms with E-state index in [-0.39, 0.29) is 11.9 Å². The highest BCUT2D eigenvalue weighted by Crippen LogP contribution is 2.32. The summed E-state index contributed by atoms with van der Waals surface area (Å²) < 4.78 is 2.14. The van der Waals surface area contributed by atoms with Gasteiger partial charge in [0.2, 0.25) is 0 Å². The first-order valence-electron chi connectivity index (χ1n) is 9.45. The number of carbonyl (C=O) groups is 1. The lowest BCUT2D eigenvalue weighted by atomic mass is 9.95. The molecule has 1 aliphatic carbocycles. The van der Waals surface area contributed by atoms with Crippen LogP contribution in [0.25, 0.3) is 10.9 Å². The summed E-state index contributed by atoms with van der Waals surface area (Å²) in [6.07, 6.45) is 4.65. The molecule has 1 amide bonds. The molecular weight excluding hydrogens is 326 g/mol. The van der Waals surface area contributed by atoms with Crippen molar-refractivity contribution in [2.75, 3.05) is 6.54 Å². The molecule has 1 aliphatic heterocycles. The quantitative estimate of drug-likeness (QED) is 0.734. The lowest BCUT2D eigenvalue weighted by molar-refractivity contribution is 0.0682. The maximum atomic E-state index is 13.3. The molecule has 6 heteroatoms. The zero-order valence-corrected chi connectivity index (χ0v) is 15.2. The number of amides is 1.